The number of aromatic hydroxyl groups is 1. The lowest BCUT2D eigenvalue weighted by Gasteiger charge is -2.21. The van der Waals surface area contributed by atoms with Crippen molar-refractivity contribution in [1.29, 1.82) is 0 Å². The van der Waals surface area contributed by atoms with Crippen LogP contribution < -0.4 is 4.74 Å². The lowest BCUT2D eigenvalue weighted by molar-refractivity contribution is 0.0707. The highest BCUT2D eigenvalue weighted by molar-refractivity contribution is 5.95. The fourth-order valence-corrected chi connectivity index (χ4v) is 1.93. The van der Waals surface area contributed by atoms with Gasteiger partial charge in [-0.15, -0.1) is 0 Å². The summed E-state index contributed by atoms with van der Waals surface area (Å²) in [5.41, 5.74) is 0.411. The van der Waals surface area contributed by atoms with Crippen LogP contribution in [-0.4, -0.2) is 47.3 Å². The molecule has 0 heterocycles. The van der Waals surface area contributed by atoms with E-state index in [1.54, 1.807) is 17.0 Å². The smallest absolute Gasteiger partial charge is 0.254 e. The van der Waals surface area contributed by atoms with Gasteiger partial charge in [0.25, 0.3) is 5.91 Å². The monoisotopic (exact) mass is 251 g/mol. The van der Waals surface area contributed by atoms with Gasteiger partial charge < -0.3 is 19.8 Å². The SMILES string of the molecule is COc1ccc(C(=O)N(CCO)C2CC2)cc1O. The van der Waals surface area contributed by atoms with Gasteiger partial charge in [-0.3, -0.25) is 4.79 Å². The van der Waals surface area contributed by atoms with Crippen molar-refractivity contribution < 1.29 is 19.7 Å². The summed E-state index contributed by atoms with van der Waals surface area (Å²) in [5, 5.41) is 18.6. The van der Waals surface area contributed by atoms with Crippen molar-refractivity contribution in [2.75, 3.05) is 20.3 Å². The van der Waals surface area contributed by atoms with E-state index >= 15 is 0 Å². The zero-order valence-electron chi connectivity index (χ0n) is 10.3. The predicted octanol–water partition coefficient (Wildman–Crippen LogP) is 0.998. The van der Waals surface area contributed by atoms with Crippen LogP contribution in [0.25, 0.3) is 0 Å². The third-order valence-electron chi connectivity index (χ3n) is 3.02. The van der Waals surface area contributed by atoms with Crippen LogP contribution in [0.2, 0.25) is 0 Å². The van der Waals surface area contributed by atoms with Crippen molar-refractivity contribution in [3.8, 4) is 11.5 Å². The van der Waals surface area contributed by atoms with Crippen molar-refractivity contribution in [3.63, 3.8) is 0 Å². The molecule has 2 N–H and O–H groups in total. The van der Waals surface area contributed by atoms with Crippen molar-refractivity contribution in [3.05, 3.63) is 23.8 Å². The van der Waals surface area contributed by atoms with Gasteiger partial charge in [0.1, 0.15) is 0 Å². The topological polar surface area (TPSA) is 70.0 Å². The van der Waals surface area contributed by atoms with Gasteiger partial charge in [-0.2, -0.15) is 0 Å². The minimum absolute atomic E-state index is 0.0512. The van der Waals surface area contributed by atoms with Crippen molar-refractivity contribution in [2.24, 2.45) is 0 Å². The standard InChI is InChI=1S/C13H17NO4/c1-18-12-5-2-9(8-11(12)16)13(17)14(6-7-15)10-3-4-10/h2,5,8,10,15-16H,3-4,6-7H2,1H3. The van der Waals surface area contributed by atoms with Gasteiger partial charge in [0, 0.05) is 18.2 Å². The molecule has 1 aromatic rings. The molecule has 1 aliphatic carbocycles. The number of benzene rings is 1. The van der Waals surface area contributed by atoms with Crippen LogP contribution in [0, 0.1) is 0 Å². The summed E-state index contributed by atoms with van der Waals surface area (Å²) in [6.07, 6.45) is 1.96. The van der Waals surface area contributed by atoms with Gasteiger partial charge in [0.15, 0.2) is 11.5 Å². The maximum Gasteiger partial charge on any atom is 0.254 e. The van der Waals surface area contributed by atoms with Crippen LogP contribution in [0.15, 0.2) is 18.2 Å². The number of carbonyl (C=O) groups is 1. The largest absolute Gasteiger partial charge is 0.504 e. The molecule has 5 nitrogen and oxygen atoms in total. The van der Waals surface area contributed by atoms with Gasteiger partial charge >= 0.3 is 0 Å². The van der Waals surface area contributed by atoms with E-state index in [-0.39, 0.29) is 24.3 Å². The minimum atomic E-state index is -0.162. The molecule has 0 spiro atoms. The summed E-state index contributed by atoms with van der Waals surface area (Å²) in [6, 6.07) is 4.81. The van der Waals surface area contributed by atoms with Crippen LogP contribution >= 0.6 is 0 Å². The molecule has 1 fully saturated rings. The van der Waals surface area contributed by atoms with Crippen LogP contribution in [-0.2, 0) is 0 Å². The Kier molecular flexibility index (Phi) is 3.72. The van der Waals surface area contributed by atoms with E-state index < -0.39 is 0 Å². The summed E-state index contributed by atoms with van der Waals surface area (Å²) in [4.78, 5) is 13.9. The number of hydrogen-bond donors (Lipinski definition) is 2. The molecule has 1 aromatic carbocycles. The van der Waals surface area contributed by atoms with Crippen LogP contribution in [0.1, 0.15) is 23.2 Å². The molecule has 0 unspecified atom stereocenters. The first-order valence-electron chi connectivity index (χ1n) is 5.96. The van der Waals surface area contributed by atoms with Gasteiger partial charge in [-0.25, -0.2) is 0 Å². The van der Waals surface area contributed by atoms with E-state index in [0.717, 1.165) is 12.8 Å². The number of phenols is 1. The molecular weight excluding hydrogens is 234 g/mol. The molecule has 0 radical (unpaired) electrons. The summed E-state index contributed by atoms with van der Waals surface area (Å²) in [7, 11) is 1.46. The highest BCUT2D eigenvalue weighted by Gasteiger charge is 2.32. The fraction of sp³-hybridized carbons (Fsp3) is 0.462. The second-order valence-electron chi connectivity index (χ2n) is 4.34. The highest BCUT2D eigenvalue weighted by atomic mass is 16.5. The molecule has 1 saturated carbocycles. The number of carbonyl (C=O) groups excluding carboxylic acids is 1. The molecular formula is C13H17NO4. The first-order chi connectivity index (χ1) is 8.67. The quantitative estimate of drug-likeness (QED) is 0.819. The number of aliphatic hydroxyl groups excluding tert-OH is 1. The van der Waals surface area contributed by atoms with Crippen molar-refractivity contribution in [1.82, 2.24) is 4.90 Å². The lowest BCUT2D eigenvalue weighted by atomic mass is 10.1. The Bertz CT molecular complexity index is 443. The molecule has 98 valence electrons. The number of phenolic OH excluding ortho intramolecular Hbond substituents is 1. The zero-order chi connectivity index (χ0) is 13.1. The predicted molar refractivity (Wildman–Crippen MR) is 65.8 cm³/mol. The number of nitrogens with zero attached hydrogens (tertiary/aromatic N) is 1. The Morgan fingerprint density at radius 1 is 1.50 bits per heavy atom. The van der Waals surface area contributed by atoms with Crippen LogP contribution in [0.4, 0.5) is 0 Å². The van der Waals surface area contributed by atoms with E-state index in [2.05, 4.69) is 0 Å². The number of hydrogen-bond acceptors (Lipinski definition) is 4. The minimum Gasteiger partial charge on any atom is -0.504 e. The van der Waals surface area contributed by atoms with E-state index in [0.29, 0.717) is 17.9 Å². The van der Waals surface area contributed by atoms with Crippen molar-refractivity contribution >= 4 is 5.91 Å². The second-order valence-corrected chi connectivity index (χ2v) is 4.34. The Morgan fingerprint density at radius 3 is 2.72 bits per heavy atom. The number of rotatable bonds is 5. The molecule has 2 rings (SSSR count). The third-order valence-corrected chi connectivity index (χ3v) is 3.02. The van der Waals surface area contributed by atoms with Crippen molar-refractivity contribution in [2.45, 2.75) is 18.9 Å². The fourth-order valence-electron chi connectivity index (χ4n) is 1.93. The maximum atomic E-state index is 12.2. The highest BCUT2D eigenvalue weighted by Crippen LogP contribution is 2.30. The van der Waals surface area contributed by atoms with E-state index in [4.69, 9.17) is 9.84 Å². The van der Waals surface area contributed by atoms with Gasteiger partial charge in [-0.1, -0.05) is 0 Å². The van der Waals surface area contributed by atoms with E-state index in [1.807, 2.05) is 0 Å². The molecule has 18 heavy (non-hydrogen) atoms. The average Bonchev–Trinajstić information content (AvgIpc) is 3.19. The number of ether oxygens (including phenoxy) is 1. The Balaban J connectivity index is 2.18. The molecule has 0 atom stereocenters. The average molecular weight is 251 g/mol. The molecule has 1 amide bonds. The molecule has 0 aliphatic heterocycles. The Labute approximate surface area is 106 Å². The maximum absolute atomic E-state index is 12.2. The van der Waals surface area contributed by atoms with Gasteiger partial charge in [0.05, 0.1) is 13.7 Å². The Hall–Kier alpha value is -1.75. The summed E-state index contributed by atoms with van der Waals surface area (Å²) in [6.45, 7) is 0.278. The van der Waals surface area contributed by atoms with E-state index in [1.165, 1.54) is 13.2 Å². The first kappa shape index (κ1) is 12.7. The lowest BCUT2D eigenvalue weighted by Crippen LogP contribution is -2.35. The number of aliphatic hydroxyl groups is 1. The van der Waals surface area contributed by atoms with E-state index in [9.17, 15) is 9.90 Å². The van der Waals surface area contributed by atoms with Gasteiger partial charge in [-0.05, 0) is 31.0 Å². The Morgan fingerprint density at radius 2 is 2.22 bits per heavy atom. The van der Waals surface area contributed by atoms with Crippen LogP contribution in [0.3, 0.4) is 0 Å². The first-order valence-corrected chi connectivity index (χ1v) is 5.96. The molecule has 0 bridgehead atoms. The summed E-state index contributed by atoms with van der Waals surface area (Å²) >= 11 is 0. The third kappa shape index (κ3) is 2.56. The van der Waals surface area contributed by atoms with Crippen LogP contribution in [0.5, 0.6) is 11.5 Å². The summed E-state index contributed by atoms with van der Waals surface area (Å²) < 4.78 is 4.93. The number of methoxy groups -OCH3 is 1. The van der Waals surface area contributed by atoms with Gasteiger partial charge in [0.2, 0.25) is 0 Å². The normalized spacial score (nSPS) is 14.3. The molecule has 0 saturated heterocycles. The zero-order valence-corrected chi connectivity index (χ0v) is 10.3. The molecule has 1 aliphatic rings. The molecule has 0 aromatic heterocycles. The number of amides is 1. The second kappa shape index (κ2) is 5.27. The summed E-state index contributed by atoms with van der Waals surface area (Å²) in [5.74, 6) is 0.124. The molecule has 5 heteroatoms.